The highest BCUT2D eigenvalue weighted by Gasteiger charge is 2.37. The van der Waals surface area contributed by atoms with Gasteiger partial charge < -0.3 is 14.8 Å². The Bertz CT molecular complexity index is 454. The Kier molecular flexibility index (Phi) is 4.82. The molecular weight excluding hydrogens is 258 g/mol. The summed E-state index contributed by atoms with van der Waals surface area (Å²) in [5.41, 5.74) is 0. The highest BCUT2D eigenvalue weighted by Crippen LogP contribution is 2.32. The van der Waals surface area contributed by atoms with Crippen LogP contribution in [0.5, 0.6) is 0 Å². The Hall–Kier alpha value is -1.78. The molecule has 1 saturated carbocycles. The predicted octanol–water partition coefficient (Wildman–Crippen LogP) is 2.22. The number of aliphatic carboxylic acids is 1. The minimum Gasteiger partial charge on any atom is -0.481 e. The smallest absolute Gasteiger partial charge is 0.307 e. The SMILES string of the molecule is CC(CCc1ccco1)NC(=O)C1CCCC1C(=O)O. The second kappa shape index (κ2) is 6.59. The van der Waals surface area contributed by atoms with Crippen LogP contribution in [0.1, 0.15) is 38.4 Å². The van der Waals surface area contributed by atoms with Crippen LogP contribution >= 0.6 is 0 Å². The molecule has 0 aromatic carbocycles. The van der Waals surface area contributed by atoms with Gasteiger partial charge in [0.15, 0.2) is 0 Å². The molecule has 0 aliphatic heterocycles. The average Bonchev–Trinajstić information content (AvgIpc) is 3.07. The molecule has 0 bridgehead atoms. The molecule has 0 radical (unpaired) electrons. The lowest BCUT2D eigenvalue weighted by atomic mass is 9.95. The zero-order chi connectivity index (χ0) is 14.5. The number of aryl methyl sites for hydroxylation is 1. The number of furan rings is 1. The number of amides is 1. The minimum atomic E-state index is -0.856. The van der Waals surface area contributed by atoms with Crippen LogP contribution in [0.2, 0.25) is 0 Å². The summed E-state index contributed by atoms with van der Waals surface area (Å²) in [4.78, 5) is 23.2. The van der Waals surface area contributed by atoms with Gasteiger partial charge in [0.05, 0.1) is 18.1 Å². The molecule has 1 amide bonds. The van der Waals surface area contributed by atoms with Crippen LogP contribution in [0.3, 0.4) is 0 Å². The van der Waals surface area contributed by atoms with Gasteiger partial charge in [0, 0.05) is 12.5 Å². The zero-order valence-electron chi connectivity index (χ0n) is 11.7. The first-order valence-corrected chi connectivity index (χ1v) is 7.13. The monoisotopic (exact) mass is 279 g/mol. The van der Waals surface area contributed by atoms with Crippen molar-refractivity contribution >= 4 is 11.9 Å². The first-order valence-electron chi connectivity index (χ1n) is 7.13. The van der Waals surface area contributed by atoms with E-state index in [0.29, 0.717) is 12.8 Å². The Morgan fingerprint density at radius 3 is 2.85 bits per heavy atom. The highest BCUT2D eigenvalue weighted by molar-refractivity contribution is 5.85. The van der Waals surface area contributed by atoms with Gasteiger partial charge in [-0.05, 0) is 38.3 Å². The molecule has 3 atom stereocenters. The second-order valence-corrected chi connectivity index (χ2v) is 5.51. The van der Waals surface area contributed by atoms with Gasteiger partial charge in [-0.1, -0.05) is 6.42 Å². The van der Waals surface area contributed by atoms with E-state index in [1.807, 2.05) is 19.1 Å². The van der Waals surface area contributed by atoms with Crippen molar-refractivity contribution in [3.8, 4) is 0 Å². The summed E-state index contributed by atoms with van der Waals surface area (Å²) in [7, 11) is 0. The molecule has 1 fully saturated rings. The van der Waals surface area contributed by atoms with Crippen molar-refractivity contribution < 1.29 is 19.1 Å². The molecule has 1 aromatic rings. The molecule has 2 N–H and O–H groups in total. The minimum absolute atomic E-state index is 0.0163. The van der Waals surface area contributed by atoms with Crippen molar-refractivity contribution in [3.63, 3.8) is 0 Å². The van der Waals surface area contributed by atoms with Crippen molar-refractivity contribution in [2.45, 2.75) is 45.1 Å². The molecule has 1 aliphatic rings. The van der Waals surface area contributed by atoms with E-state index in [1.54, 1.807) is 6.26 Å². The molecule has 3 unspecified atom stereocenters. The van der Waals surface area contributed by atoms with Crippen LogP contribution in [0.4, 0.5) is 0 Å². The van der Waals surface area contributed by atoms with Crippen LogP contribution in [0, 0.1) is 11.8 Å². The third-order valence-electron chi connectivity index (χ3n) is 3.96. The van der Waals surface area contributed by atoms with Crippen LogP contribution in [-0.4, -0.2) is 23.0 Å². The Morgan fingerprint density at radius 1 is 1.45 bits per heavy atom. The molecule has 20 heavy (non-hydrogen) atoms. The summed E-state index contributed by atoms with van der Waals surface area (Å²) in [6.07, 6.45) is 5.28. The normalized spacial score (nSPS) is 23.4. The number of carbonyl (C=O) groups is 2. The first-order chi connectivity index (χ1) is 9.58. The molecule has 110 valence electrons. The molecule has 1 heterocycles. The molecule has 5 heteroatoms. The Balaban J connectivity index is 1.79. The van der Waals surface area contributed by atoms with Crippen molar-refractivity contribution in [1.29, 1.82) is 0 Å². The number of hydrogen-bond acceptors (Lipinski definition) is 3. The average molecular weight is 279 g/mol. The van der Waals surface area contributed by atoms with Crippen LogP contribution in [0.15, 0.2) is 22.8 Å². The first kappa shape index (κ1) is 14.6. The predicted molar refractivity (Wildman–Crippen MR) is 73.1 cm³/mol. The fraction of sp³-hybridized carbons (Fsp3) is 0.600. The van der Waals surface area contributed by atoms with Gasteiger partial charge in [0.2, 0.25) is 5.91 Å². The topological polar surface area (TPSA) is 79.5 Å². The van der Waals surface area contributed by atoms with Crippen molar-refractivity contribution in [3.05, 3.63) is 24.2 Å². The molecule has 0 saturated heterocycles. The van der Waals surface area contributed by atoms with E-state index >= 15 is 0 Å². The van der Waals surface area contributed by atoms with Crippen LogP contribution in [0.25, 0.3) is 0 Å². The number of rotatable bonds is 6. The van der Waals surface area contributed by atoms with Gasteiger partial charge in [-0.15, -0.1) is 0 Å². The molecule has 5 nitrogen and oxygen atoms in total. The standard InChI is InChI=1S/C15H21NO4/c1-10(7-8-11-4-3-9-20-11)16-14(17)12-5-2-6-13(12)15(18)19/h3-4,9-10,12-13H,2,5-8H2,1H3,(H,16,17)(H,18,19). The lowest BCUT2D eigenvalue weighted by molar-refractivity contribution is -0.146. The van der Waals surface area contributed by atoms with Crippen molar-refractivity contribution in [2.24, 2.45) is 11.8 Å². The summed E-state index contributed by atoms with van der Waals surface area (Å²) in [6, 6.07) is 3.77. The lowest BCUT2D eigenvalue weighted by Crippen LogP contribution is -2.40. The zero-order valence-corrected chi connectivity index (χ0v) is 11.7. The molecule has 1 aromatic heterocycles. The van der Waals surface area contributed by atoms with E-state index in [0.717, 1.165) is 25.0 Å². The maximum atomic E-state index is 12.1. The quantitative estimate of drug-likeness (QED) is 0.836. The number of nitrogens with one attached hydrogen (secondary N) is 1. The highest BCUT2D eigenvalue weighted by atomic mass is 16.4. The molecule has 0 spiro atoms. The molecular formula is C15H21NO4. The largest absolute Gasteiger partial charge is 0.481 e. The van der Waals surface area contributed by atoms with E-state index in [9.17, 15) is 9.59 Å². The van der Waals surface area contributed by atoms with Gasteiger partial charge in [-0.3, -0.25) is 9.59 Å². The Morgan fingerprint density at radius 2 is 2.20 bits per heavy atom. The molecule has 1 aliphatic carbocycles. The van der Waals surface area contributed by atoms with Gasteiger partial charge in [0.1, 0.15) is 5.76 Å². The van der Waals surface area contributed by atoms with Crippen molar-refractivity contribution in [2.75, 3.05) is 0 Å². The maximum absolute atomic E-state index is 12.1. The van der Waals surface area contributed by atoms with Gasteiger partial charge >= 0.3 is 5.97 Å². The molecule has 2 rings (SSSR count). The Labute approximate surface area is 118 Å². The number of carboxylic acid groups (broad SMARTS) is 1. The number of carboxylic acids is 1. The summed E-state index contributed by atoms with van der Waals surface area (Å²) < 4.78 is 5.25. The fourth-order valence-corrected chi connectivity index (χ4v) is 2.81. The summed E-state index contributed by atoms with van der Waals surface area (Å²) >= 11 is 0. The third-order valence-corrected chi connectivity index (χ3v) is 3.96. The van der Waals surface area contributed by atoms with Crippen LogP contribution in [-0.2, 0) is 16.0 Å². The van der Waals surface area contributed by atoms with Gasteiger partial charge in [0.25, 0.3) is 0 Å². The van der Waals surface area contributed by atoms with E-state index < -0.39 is 11.9 Å². The van der Waals surface area contributed by atoms with E-state index in [2.05, 4.69) is 5.32 Å². The van der Waals surface area contributed by atoms with Crippen molar-refractivity contribution in [1.82, 2.24) is 5.32 Å². The van der Waals surface area contributed by atoms with Gasteiger partial charge in [-0.25, -0.2) is 0 Å². The van der Waals surface area contributed by atoms with Crippen LogP contribution < -0.4 is 5.32 Å². The van der Waals surface area contributed by atoms with Gasteiger partial charge in [-0.2, -0.15) is 0 Å². The number of hydrogen-bond donors (Lipinski definition) is 2. The summed E-state index contributed by atoms with van der Waals surface area (Å²) in [5.74, 6) is -0.978. The third kappa shape index (κ3) is 3.62. The second-order valence-electron chi connectivity index (χ2n) is 5.51. The number of carbonyl (C=O) groups excluding carboxylic acids is 1. The maximum Gasteiger partial charge on any atom is 0.307 e. The van der Waals surface area contributed by atoms with E-state index in [1.165, 1.54) is 0 Å². The lowest BCUT2D eigenvalue weighted by Gasteiger charge is -2.19. The van der Waals surface area contributed by atoms with E-state index in [4.69, 9.17) is 9.52 Å². The summed E-state index contributed by atoms with van der Waals surface area (Å²) in [6.45, 7) is 1.94. The fourth-order valence-electron chi connectivity index (χ4n) is 2.81. The van der Waals surface area contributed by atoms with E-state index in [-0.39, 0.29) is 17.9 Å². The summed E-state index contributed by atoms with van der Waals surface area (Å²) in [5, 5.41) is 12.0.